The highest BCUT2D eigenvalue weighted by molar-refractivity contribution is 14.1. The number of nitrogens with zero attached hydrogens (tertiary/aromatic N) is 3. The molecular formula is C15H16IN5O2. The van der Waals surface area contributed by atoms with E-state index < -0.39 is 0 Å². The summed E-state index contributed by atoms with van der Waals surface area (Å²) in [6, 6.07) is 5.59. The van der Waals surface area contributed by atoms with Gasteiger partial charge in [0.15, 0.2) is 5.69 Å². The lowest BCUT2D eigenvalue weighted by Gasteiger charge is -2.07. The molecule has 1 aliphatic rings. The minimum atomic E-state index is -0.201. The van der Waals surface area contributed by atoms with Crippen molar-refractivity contribution < 1.29 is 9.59 Å². The molecule has 2 aromatic rings. The van der Waals surface area contributed by atoms with Gasteiger partial charge in [-0.2, -0.15) is 0 Å². The fraction of sp³-hybridized carbons (Fsp3) is 0.333. The van der Waals surface area contributed by atoms with Crippen LogP contribution >= 0.6 is 22.6 Å². The molecule has 120 valence electrons. The van der Waals surface area contributed by atoms with Crippen LogP contribution in [0.2, 0.25) is 0 Å². The van der Waals surface area contributed by atoms with Crippen molar-refractivity contribution in [2.75, 3.05) is 6.54 Å². The summed E-state index contributed by atoms with van der Waals surface area (Å²) < 4.78 is 2.40. The van der Waals surface area contributed by atoms with Gasteiger partial charge in [0.2, 0.25) is 0 Å². The van der Waals surface area contributed by atoms with Crippen LogP contribution in [0.3, 0.4) is 0 Å². The van der Waals surface area contributed by atoms with Gasteiger partial charge in [0.25, 0.3) is 11.8 Å². The number of carbonyl (C=O) groups excluding carboxylic acids is 2. The molecule has 2 N–H and O–H groups in total. The zero-order valence-corrected chi connectivity index (χ0v) is 14.7. The second kappa shape index (κ2) is 6.65. The third kappa shape index (κ3) is 3.69. The Hall–Kier alpha value is -1.97. The number of rotatable bonds is 5. The second-order valence-corrected chi connectivity index (χ2v) is 6.48. The molecule has 1 aromatic carbocycles. The van der Waals surface area contributed by atoms with E-state index in [0.717, 1.165) is 22.1 Å². The Morgan fingerprint density at radius 1 is 1.35 bits per heavy atom. The molecular weight excluding hydrogens is 409 g/mol. The maximum atomic E-state index is 12.0. The van der Waals surface area contributed by atoms with Crippen LogP contribution in [0.1, 0.15) is 40.6 Å². The van der Waals surface area contributed by atoms with Crippen molar-refractivity contribution >= 4 is 34.4 Å². The lowest BCUT2D eigenvalue weighted by atomic mass is 10.2. The number of amides is 2. The fourth-order valence-electron chi connectivity index (χ4n) is 2.07. The Kier molecular flexibility index (Phi) is 4.60. The Balaban J connectivity index is 1.80. The van der Waals surface area contributed by atoms with Crippen LogP contribution in [0, 0.1) is 3.57 Å². The predicted octanol–water partition coefficient (Wildman–Crippen LogP) is 1.51. The lowest BCUT2D eigenvalue weighted by molar-refractivity contribution is 0.0941. The van der Waals surface area contributed by atoms with E-state index in [-0.39, 0.29) is 17.9 Å². The topological polar surface area (TPSA) is 88.9 Å². The van der Waals surface area contributed by atoms with Gasteiger partial charge in [-0.15, -0.1) is 5.10 Å². The van der Waals surface area contributed by atoms with Crippen LogP contribution in [0.4, 0.5) is 0 Å². The van der Waals surface area contributed by atoms with Crippen molar-refractivity contribution in [2.24, 2.45) is 0 Å². The van der Waals surface area contributed by atoms with Gasteiger partial charge in [-0.25, -0.2) is 4.68 Å². The molecule has 7 nitrogen and oxygen atoms in total. The van der Waals surface area contributed by atoms with E-state index in [1.54, 1.807) is 29.1 Å². The fourth-order valence-corrected chi connectivity index (χ4v) is 2.83. The standard InChI is InChI=1S/C15H16IN5O2/c1-2-17-14(22)9-3-6-13(11(16)7-9)21-8-12(19-20-21)15(23)18-10-4-5-10/h3,6-8,10H,2,4-5H2,1H3,(H,17,22)(H,18,23). The number of carbonyl (C=O) groups is 2. The quantitative estimate of drug-likeness (QED) is 0.712. The molecule has 0 unspecified atom stereocenters. The van der Waals surface area contributed by atoms with E-state index in [9.17, 15) is 9.59 Å². The Morgan fingerprint density at radius 3 is 2.78 bits per heavy atom. The van der Waals surface area contributed by atoms with E-state index in [1.165, 1.54) is 0 Å². The molecule has 23 heavy (non-hydrogen) atoms. The SMILES string of the molecule is CCNC(=O)c1ccc(-n2cc(C(=O)NC3CC3)nn2)c(I)c1. The van der Waals surface area contributed by atoms with Crippen molar-refractivity contribution in [3.05, 3.63) is 39.2 Å². The molecule has 1 heterocycles. The Bertz CT molecular complexity index is 754. The largest absolute Gasteiger partial charge is 0.352 e. The first-order valence-corrected chi connectivity index (χ1v) is 8.47. The van der Waals surface area contributed by atoms with Crippen molar-refractivity contribution in [2.45, 2.75) is 25.8 Å². The average Bonchev–Trinajstić information content (AvgIpc) is 3.20. The Morgan fingerprint density at radius 2 is 2.13 bits per heavy atom. The van der Waals surface area contributed by atoms with Gasteiger partial charge in [0.05, 0.1) is 11.9 Å². The summed E-state index contributed by atoms with van der Waals surface area (Å²) in [5, 5.41) is 13.6. The van der Waals surface area contributed by atoms with Crippen molar-refractivity contribution in [1.29, 1.82) is 0 Å². The maximum absolute atomic E-state index is 12.0. The van der Waals surface area contributed by atoms with Crippen molar-refractivity contribution in [3.8, 4) is 5.69 Å². The molecule has 0 bridgehead atoms. The zero-order valence-electron chi connectivity index (χ0n) is 12.5. The van der Waals surface area contributed by atoms with E-state index in [2.05, 4.69) is 43.5 Å². The number of aromatic nitrogens is 3. The molecule has 0 radical (unpaired) electrons. The monoisotopic (exact) mass is 425 g/mol. The summed E-state index contributed by atoms with van der Waals surface area (Å²) in [5.41, 5.74) is 1.66. The van der Waals surface area contributed by atoms with Crippen LogP contribution in [0.15, 0.2) is 24.4 Å². The first kappa shape index (κ1) is 15.9. The molecule has 0 saturated heterocycles. The number of nitrogens with one attached hydrogen (secondary N) is 2. The van der Waals surface area contributed by atoms with E-state index in [0.29, 0.717) is 17.8 Å². The molecule has 1 aromatic heterocycles. The highest BCUT2D eigenvalue weighted by Gasteiger charge is 2.25. The first-order chi connectivity index (χ1) is 11.1. The number of halogens is 1. The van der Waals surface area contributed by atoms with Gasteiger partial charge in [0.1, 0.15) is 0 Å². The van der Waals surface area contributed by atoms with Gasteiger partial charge in [-0.1, -0.05) is 5.21 Å². The van der Waals surface area contributed by atoms with Crippen molar-refractivity contribution in [3.63, 3.8) is 0 Å². The normalized spacial score (nSPS) is 13.7. The van der Waals surface area contributed by atoms with Crippen LogP contribution in [0.5, 0.6) is 0 Å². The summed E-state index contributed by atoms with van der Waals surface area (Å²) in [6.07, 6.45) is 3.65. The molecule has 3 rings (SSSR count). The molecule has 1 aliphatic carbocycles. The molecule has 1 fully saturated rings. The van der Waals surface area contributed by atoms with Crippen LogP contribution < -0.4 is 10.6 Å². The highest BCUT2D eigenvalue weighted by atomic mass is 127. The summed E-state index contributed by atoms with van der Waals surface area (Å²) in [5.74, 6) is -0.312. The van der Waals surface area contributed by atoms with Gasteiger partial charge < -0.3 is 10.6 Å². The predicted molar refractivity (Wildman–Crippen MR) is 92.6 cm³/mol. The number of hydrogen-bond donors (Lipinski definition) is 2. The van der Waals surface area contributed by atoms with Crippen LogP contribution in [-0.2, 0) is 0 Å². The van der Waals surface area contributed by atoms with Gasteiger partial charge in [-0.05, 0) is 60.6 Å². The van der Waals surface area contributed by atoms with E-state index in [1.807, 2.05) is 6.92 Å². The third-order valence-electron chi connectivity index (χ3n) is 3.43. The molecule has 2 amide bonds. The highest BCUT2D eigenvalue weighted by Crippen LogP contribution is 2.20. The smallest absolute Gasteiger partial charge is 0.273 e. The van der Waals surface area contributed by atoms with E-state index >= 15 is 0 Å². The minimum Gasteiger partial charge on any atom is -0.352 e. The lowest BCUT2D eigenvalue weighted by Crippen LogP contribution is -2.25. The molecule has 0 spiro atoms. The van der Waals surface area contributed by atoms with E-state index in [4.69, 9.17) is 0 Å². The number of benzene rings is 1. The average molecular weight is 425 g/mol. The minimum absolute atomic E-state index is 0.111. The first-order valence-electron chi connectivity index (χ1n) is 7.40. The van der Waals surface area contributed by atoms with Gasteiger partial charge >= 0.3 is 0 Å². The second-order valence-electron chi connectivity index (χ2n) is 5.32. The summed E-state index contributed by atoms with van der Waals surface area (Å²) in [7, 11) is 0. The maximum Gasteiger partial charge on any atom is 0.273 e. The van der Waals surface area contributed by atoms with Gasteiger partial charge in [-0.3, -0.25) is 9.59 Å². The third-order valence-corrected chi connectivity index (χ3v) is 4.30. The zero-order chi connectivity index (χ0) is 16.4. The molecule has 0 aliphatic heterocycles. The van der Waals surface area contributed by atoms with Crippen LogP contribution in [-0.4, -0.2) is 39.4 Å². The summed E-state index contributed by atoms with van der Waals surface area (Å²) >= 11 is 2.14. The van der Waals surface area contributed by atoms with Crippen molar-refractivity contribution in [1.82, 2.24) is 25.6 Å². The Labute approximate surface area is 147 Å². The summed E-state index contributed by atoms with van der Waals surface area (Å²) in [4.78, 5) is 23.8. The summed E-state index contributed by atoms with van der Waals surface area (Å²) in [6.45, 7) is 2.46. The molecule has 8 heteroatoms. The van der Waals surface area contributed by atoms with Gasteiger partial charge in [0, 0.05) is 21.7 Å². The molecule has 1 saturated carbocycles. The molecule has 0 atom stereocenters. The van der Waals surface area contributed by atoms with Crippen LogP contribution in [0.25, 0.3) is 5.69 Å². The number of hydrogen-bond acceptors (Lipinski definition) is 4.